The number of likely N-dealkylation sites (tertiary alicyclic amines) is 1. The minimum absolute atomic E-state index is 0.547. The lowest BCUT2D eigenvalue weighted by Gasteiger charge is -2.40. The van der Waals surface area contributed by atoms with E-state index in [1.807, 2.05) is 0 Å². The predicted octanol–water partition coefficient (Wildman–Crippen LogP) is 4.22. The summed E-state index contributed by atoms with van der Waals surface area (Å²) in [5, 5.41) is 9.65. The average Bonchev–Trinajstić information content (AvgIpc) is 2.43. The summed E-state index contributed by atoms with van der Waals surface area (Å²) in [6.07, 6.45) is 3.48. The smallest absolute Gasteiger partial charge is 0.310 e. The third-order valence-electron chi connectivity index (χ3n) is 4.48. The summed E-state index contributed by atoms with van der Waals surface area (Å²) >= 11 is 3.57. The van der Waals surface area contributed by atoms with Crippen molar-refractivity contribution in [2.75, 3.05) is 13.1 Å². The van der Waals surface area contributed by atoms with Gasteiger partial charge in [-0.15, -0.1) is 0 Å². The molecule has 1 aromatic rings. The summed E-state index contributed by atoms with van der Waals surface area (Å²) < 4.78 is 1.12. The van der Waals surface area contributed by atoms with E-state index >= 15 is 0 Å². The van der Waals surface area contributed by atoms with Gasteiger partial charge in [0.15, 0.2) is 0 Å². The maximum Gasteiger partial charge on any atom is 0.310 e. The molecule has 3 nitrogen and oxygen atoms in total. The topological polar surface area (TPSA) is 40.5 Å². The van der Waals surface area contributed by atoms with Gasteiger partial charge in [0.1, 0.15) is 0 Å². The van der Waals surface area contributed by atoms with Gasteiger partial charge in [0.25, 0.3) is 0 Å². The van der Waals surface area contributed by atoms with E-state index < -0.39 is 11.4 Å². The van der Waals surface area contributed by atoms with Gasteiger partial charge in [0, 0.05) is 17.6 Å². The first kappa shape index (κ1) is 16.5. The van der Waals surface area contributed by atoms with Crippen LogP contribution in [0.3, 0.4) is 0 Å². The molecule has 0 aromatic heterocycles. The molecule has 0 spiro atoms. The fraction of sp³-hybridized carbons (Fsp3) is 0.588. The summed E-state index contributed by atoms with van der Waals surface area (Å²) in [6, 6.07) is 6.39. The highest BCUT2D eigenvalue weighted by atomic mass is 79.9. The number of piperidine rings is 1. The first-order chi connectivity index (χ1) is 9.97. The second-order valence-electron chi connectivity index (χ2n) is 6.23. The molecule has 1 heterocycles. The number of carboxylic acid groups (broad SMARTS) is 1. The summed E-state index contributed by atoms with van der Waals surface area (Å²) in [4.78, 5) is 14.0. The van der Waals surface area contributed by atoms with Crippen LogP contribution in [0.2, 0.25) is 0 Å². The molecule has 2 rings (SSSR count). The number of aliphatic carboxylic acids is 1. The molecular weight excluding hydrogens is 330 g/mol. The lowest BCUT2D eigenvalue weighted by atomic mass is 9.76. The molecule has 1 fully saturated rings. The standard InChI is InChI=1S/C17H24BrNO2/c1-3-7-17(16(20)21)8-4-9-19(12-17)11-14-6-5-13(2)15(18)10-14/h5-6,10H,3-4,7-9,11-12H2,1-2H3,(H,20,21). The van der Waals surface area contributed by atoms with Crippen molar-refractivity contribution in [1.29, 1.82) is 0 Å². The van der Waals surface area contributed by atoms with E-state index in [1.165, 1.54) is 11.1 Å². The monoisotopic (exact) mass is 353 g/mol. The molecule has 0 aliphatic carbocycles. The van der Waals surface area contributed by atoms with Crippen molar-refractivity contribution in [3.8, 4) is 0 Å². The Morgan fingerprint density at radius 2 is 2.24 bits per heavy atom. The van der Waals surface area contributed by atoms with Gasteiger partial charge in [0.05, 0.1) is 5.41 Å². The molecule has 1 N–H and O–H groups in total. The number of hydrogen-bond acceptors (Lipinski definition) is 2. The van der Waals surface area contributed by atoms with Gasteiger partial charge < -0.3 is 5.11 Å². The molecule has 1 unspecified atom stereocenters. The highest BCUT2D eigenvalue weighted by Crippen LogP contribution is 2.35. The molecule has 21 heavy (non-hydrogen) atoms. The van der Waals surface area contributed by atoms with Gasteiger partial charge in [-0.25, -0.2) is 0 Å². The lowest BCUT2D eigenvalue weighted by Crippen LogP contribution is -2.47. The fourth-order valence-electron chi connectivity index (χ4n) is 3.32. The SMILES string of the molecule is CCCC1(C(=O)O)CCCN(Cc2ccc(C)c(Br)c2)C1. The average molecular weight is 354 g/mol. The van der Waals surface area contributed by atoms with Gasteiger partial charge in [-0.3, -0.25) is 9.69 Å². The van der Waals surface area contributed by atoms with Crippen LogP contribution in [0.25, 0.3) is 0 Å². The highest BCUT2D eigenvalue weighted by molar-refractivity contribution is 9.10. The third-order valence-corrected chi connectivity index (χ3v) is 5.33. The van der Waals surface area contributed by atoms with Gasteiger partial charge in [-0.05, 0) is 49.9 Å². The molecule has 0 saturated carbocycles. The third kappa shape index (κ3) is 3.86. The summed E-state index contributed by atoms with van der Waals surface area (Å²) in [5.41, 5.74) is 1.92. The van der Waals surface area contributed by atoms with Crippen LogP contribution < -0.4 is 0 Å². The quantitative estimate of drug-likeness (QED) is 0.861. The number of carbonyl (C=O) groups is 1. The Morgan fingerprint density at radius 1 is 1.48 bits per heavy atom. The zero-order valence-corrected chi connectivity index (χ0v) is 14.4. The maximum absolute atomic E-state index is 11.7. The molecule has 1 atom stereocenters. The van der Waals surface area contributed by atoms with E-state index in [0.29, 0.717) is 6.54 Å². The lowest BCUT2D eigenvalue weighted by molar-refractivity contribution is -0.153. The number of nitrogens with zero attached hydrogens (tertiary/aromatic N) is 1. The van der Waals surface area contributed by atoms with Crippen LogP contribution in [0.5, 0.6) is 0 Å². The van der Waals surface area contributed by atoms with Crippen molar-refractivity contribution >= 4 is 21.9 Å². The minimum Gasteiger partial charge on any atom is -0.481 e. The summed E-state index contributed by atoms with van der Waals surface area (Å²) in [5.74, 6) is -0.626. The Hall–Kier alpha value is -0.870. The Morgan fingerprint density at radius 3 is 2.86 bits per heavy atom. The molecule has 4 heteroatoms. The Kier molecular flexibility index (Phi) is 5.44. The van der Waals surface area contributed by atoms with Crippen LogP contribution in [0, 0.1) is 12.3 Å². The normalized spacial score (nSPS) is 23.2. The Bertz CT molecular complexity index is 514. The predicted molar refractivity (Wildman–Crippen MR) is 88.4 cm³/mol. The molecular formula is C17H24BrNO2. The molecule has 1 aromatic carbocycles. The summed E-state index contributed by atoms with van der Waals surface area (Å²) in [6.45, 7) is 6.63. The van der Waals surface area contributed by atoms with Crippen LogP contribution in [0.1, 0.15) is 43.7 Å². The number of rotatable bonds is 5. The van der Waals surface area contributed by atoms with Crippen molar-refractivity contribution in [2.45, 2.75) is 46.1 Å². The largest absolute Gasteiger partial charge is 0.481 e. The highest BCUT2D eigenvalue weighted by Gasteiger charge is 2.41. The summed E-state index contributed by atoms with van der Waals surface area (Å²) in [7, 11) is 0. The van der Waals surface area contributed by atoms with E-state index in [-0.39, 0.29) is 0 Å². The van der Waals surface area contributed by atoms with E-state index in [2.05, 4.69) is 52.9 Å². The molecule has 0 radical (unpaired) electrons. The van der Waals surface area contributed by atoms with Crippen molar-refractivity contribution in [2.24, 2.45) is 5.41 Å². The number of hydrogen-bond donors (Lipinski definition) is 1. The fourth-order valence-corrected chi connectivity index (χ4v) is 3.75. The molecule has 0 bridgehead atoms. The zero-order valence-electron chi connectivity index (χ0n) is 12.9. The number of carboxylic acids is 1. The molecule has 1 saturated heterocycles. The Balaban J connectivity index is 2.09. The molecule has 0 amide bonds. The van der Waals surface area contributed by atoms with E-state index in [1.54, 1.807) is 0 Å². The van der Waals surface area contributed by atoms with Crippen LogP contribution in [0.4, 0.5) is 0 Å². The van der Waals surface area contributed by atoms with Gasteiger partial charge in [-0.2, -0.15) is 0 Å². The second-order valence-corrected chi connectivity index (χ2v) is 7.09. The van der Waals surface area contributed by atoms with E-state index in [4.69, 9.17) is 0 Å². The van der Waals surface area contributed by atoms with Crippen molar-refractivity contribution in [3.63, 3.8) is 0 Å². The number of benzene rings is 1. The number of aryl methyl sites for hydroxylation is 1. The Labute approximate surface area is 135 Å². The van der Waals surface area contributed by atoms with Crippen LogP contribution in [-0.2, 0) is 11.3 Å². The minimum atomic E-state index is -0.626. The van der Waals surface area contributed by atoms with Gasteiger partial charge >= 0.3 is 5.97 Å². The van der Waals surface area contributed by atoms with Crippen LogP contribution in [0.15, 0.2) is 22.7 Å². The van der Waals surface area contributed by atoms with Crippen LogP contribution in [-0.4, -0.2) is 29.1 Å². The maximum atomic E-state index is 11.7. The van der Waals surface area contributed by atoms with Crippen molar-refractivity contribution < 1.29 is 9.90 Å². The molecule has 1 aliphatic rings. The van der Waals surface area contributed by atoms with Crippen molar-refractivity contribution in [1.82, 2.24) is 4.90 Å². The molecule has 1 aliphatic heterocycles. The van der Waals surface area contributed by atoms with E-state index in [0.717, 1.165) is 43.2 Å². The molecule has 116 valence electrons. The first-order valence-electron chi connectivity index (χ1n) is 7.67. The van der Waals surface area contributed by atoms with Crippen LogP contribution >= 0.6 is 15.9 Å². The first-order valence-corrected chi connectivity index (χ1v) is 8.47. The van der Waals surface area contributed by atoms with E-state index in [9.17, 15) is 9.90 Å². The van der Waals surface area contributed by atoms with Crippen molar-refractivity contribution in [3.05, 3.63) is 33.8 Å². The van der Waals surface area contributed by atoms with Gasteiger partial charge in [-0.1, -0.05) is 41.4 Å². The second kappa shape index (κ2) is 6.93. The van der Waals surface area contributed by atoms with Gasteiger partial charge in [0.2, 0.25) is 0 Å². The zero-order chi connectivity index (χ0) is 15.5. The number of halogens is 1.